The second-order valence-corrected chi connectivity index (χ2v) is 10.1. The summed E-state index contributed by atoms with van der Waals surface area (Å²) in [5.41, 5.74) is 3.33. The molecule has 0 aliphatic heterocycles. The van der Waals surface area contributed by atoms with Gasteiger partial charge in [0.25, 0.3) is 5.91 Å². The lowest BCUT2D eigenvalue weighted by atomic mass is 10.0. The molecule has 0 unspecified atom stereocenters. The fraction of sp³-hybridized carbons (Fsp3) is 0.259. The maximum atomic E-state index is 13.8. The summed E-state index contributed by atoms with van der Waals surface area (Å²) in [6.07, 6.45) is 1.89. The predicted molar refractivity (Wildman–Crippen MR) is 139 cm³/mol. The molecule has 4 nitrogen and oxygen atoms in total. The van der Waals surface area contributed by atoms with Crippen LogP contribution in [0.3, 0.4) is 0 Å². The Balaban J connectivity index is 1.40. The third-order valence-corrected chi connectivity index (χ3v) is 7.49. The number of thiophene rings is 1. The number of rotatable bonds is 11. The minimum absolute atomic E-state index is 0.290. The molecule has 2 heterocycles. The highest BCUT2D eigenvalue weighted by atomic mass is 32.1. The average Bonchev–Trinajstić information content (AvgIpc) is 3.53. The largest absolute Gasteiger partial charge is 0.348 e. The van der Waals surface area contributed by atoms with Crippen molar-refractivity contribution in [2.75, 3.05) is 6.54 Å². The van der Waals surface area contributed by atoms with E-state index in [0.29, 0.717) is 37.2 Å². The number of nitrogens with zero attached hydrogens (tertiary/aromatic N) is 1. The number of amides is 1. The smallest absolute Gasteiger partial charge is 0.271 e. The monoisotopic (exact) mass is 511 g/mol. The Morgan fingerprint density at radius 3 is 2.54 bits per heavy atom. The molecule has 0 bridgehead atoms. The van der Waals surface area contributed by atoms with Crippen molar-refractivity contribution in [1.29, 1.82) is 0 Å². The summed E-state index contributed by atoms with van der Waals surface area (Å²) in [4.78, 5) is 18.4. The third-order valence-electron chi connectivity index (χ3n) is 5.61. The van der Waals surface area contributed by atoms with Crippen molar-refractivity contribution in [3.63, 3.8) is 0 Å². The standard InChI is InChI=1S/C27H27F2N3OS2/c1-2-18-5-3-6-19(11-18)16-30-9-8-23(14-20-12-21(28)15-22(29)13-20)31-26(33)24-17-35-27(32-24)25-7-4-10-34-25/h3-7,10-13,15,17,23,30H,2,8-9,14,16H2,1H3,(H,31,33)/t23-/m1/s1. The highest BCUT2D eigenvalue weighted by molar-refractivity contribution is 7.20. The second kappa shape index (κ2) is 12.2. The fourth-order valence-corrected chi connectivity index (χ4v) is 5.47. The number of aromatic nitrogens is 1. The van der Waals surface area contributed by atoms with Crippen molar-refractivity contribution < 1.29 is 13.6 Å². The zero-order valence-electron chi connectivity index (χ0n) is 19.4. The molecule has 1 atom stereocenters. The minimum atomic E-state index is -0.626. The number of carbonyl (C=O) groups excluding carboxylic acids is 1. The lowest BCUT2D eigenvalue weighted by Gasteiger charge is -2.19. The highest BCUT2D eigenvalue weighted by Crippen LogP contribution is 2.27. The lowest BCUT2D eigenvalue weighted by molar-refractivity contribution is 0.0930. The Labute approximate surface area is 212 Å². The molecular weight excluding hydrogens is 484 g/mol. The van der Waals surface area contributed by atoms with Gasteiger partial charge in [0.2, 0.25) is 0 Å². The highest BCUT2D eigenvalue weighted by Gasteiger charge is 2.18. The van der Waals surface area contributed by atoms with Crippen molar-refractivity contribution in [2.24, 2.45) is 0 Å². The molecule has 0 fully saturated rings. The SMILES string of the molecule is CCc1cccc(CNCC[C@H](Cc2cc(F)cc(F)c2)NC(=O)c2csc(-c3cccs3)n2)c1. The molecule has 2 aromatic heterocycles. The van der Waals surface area contributed by atoms with Crippen molar-refractivity contribution in [3.05, 3.63) is 99.4 Å². The summed E-state index contributed by atoms with van der Waals surface area (Å²) in [5.74, 6) is -1.54. The molecule has 0 radical (unpaired) electrons. The molecule has 4 aromatic rings. The molecule has 0 saturated carbocycles. The molecule has 35 heavy (non-hydrogen) atoms. The van der Waals surface area contributed by atoms with Gasteiger partial charge in [-0.2, -0.15) is 0 Å². The summed E-state index contributed by atoms with van der Waals surface area (Å²) >= 11 is 2.99. The molecule has 0 aliphatic rings. The van der Waals surface area contributed by atoms with Gasteiger partial charge in [-0.3, -0.25) is 4.79 Å². The number of aryl methyl sites for hydroxylation is 1. The van der Waals surface area contributed by atoms with E-state index in [1.807, 2.05) is 17.5 Å². The van der Waals surface area contributed by atoms with E-state index in [1.54, 1.807) is 16.7 Å². The van der Waals surface area contributed by atoms with Crippen LogP contribution < -0.4 is 10.6 Å². The molecule has 0 aliphatic carbocycles. The van der Waals surface area contributed by atoms with E-state index >= 15 is 0 Å². The fourth-order valence-electron chi connectivity index (χ4n) is 3.86. The summed E-state index contributed by atoms with van der Waals surface area (Å²) in [5, 5.41) is 10.9. The molecule has 8 heteroatoms. The van der Waals surface area contributed by atoms with Gasteiger partial charge in [0, 0.05) is 24.0 Å². The van der Waals surface area contributed by atoms with Gasteiger partial charge in [-0.1, -0.05) is 37.3 Å². The van der Waals surface area contributed by atoms with Gasteiger partial charge in [0.15, 0.2) is 0 Å². The van der Waals surface area contributed by atoms with Crippen LogP contribution in [0.25, 0.3) is 9.88 Å². The van der Waals surface area contributed by atoms with Crippen LogP contribution in [0.15, 0.2) is 65.4 Å². The molecule has 2 N–H and O–H groups in total. The molecule has 0 saturated heterocycles. The Hall–Kier alpha value is -2.94. The van der Waals surface area contributed by atoms with Crippen molar-refractivity contribution >= 4 is 28.6 Å². The number of benzene rings is 2. The molecule has 4 rings (SSSR count). The second-order valence-electron chi connectivity index (χ2n) is 8.31. The lowest BCUT2D eigenvalue weighted by Crippen LogP contribution is -2.38. The van der Waals surface area contributed by atoms with Gasteiger partial charge in [0.05, 0.1) is 4.88 Å². The van der Waals surface area contributed by atoms with Crippen molar-refractivity contribution in [3.8, 4) is 9.88 Å². The van der Waals surface area contributed by atoms with Crippen molar-refractivity contribution in [1.82, 2.24) is 15.6 Å². The topological polar surface area (TPSA) is 54.0 Å². The number of halogens is 2. The van der Waals surface area contributed by atoms with Gasteiger partial charge in [-0.05, 0) is 66.1 Å². The van der Waals surface area contributed by atoms with Crippen LogP contribution >= 0.6 is 22.7 Å². The van der Waals surface area contributed by atoms with E-state index in [4.69, 9.17) is 0 Å². The van der Waals surface area contributed by atoms with Crippen LogP contribution in [0.1, 0.15) is 40.5 Å². The third kappa shape index (κ3) is 7.27. The average molecular weight is 512 g/mol. The maximum absolute atomic E-state index is 13.8. The summed E-state index contributed by atoms with van der Waals surface area (Å²) < 4.78 is 27.5. The van der Waals surface area contributed by atoms with Crippen LogP contribution in [0.4, 0.5) is 8.78 Å². The molecule has 2 aromatic carbocycles. The van der Waals surface area contributed by atoms with Crippen LogP contribution in [0.5, 0.6) is 0 Å². The molecule has 1 amide bonds. The van der Waals surface area contributed by atoms with Gasteiger partial charge in [-0.15, -0.1) is 22.7 Å². The quantitative estimate of drug-likeness (QED) is 0.235. The molecule has 182 valence electrons. The summed E-state index contributed by atoms with van der Waals surface area (Å²) in [6, 6.07) is 15.5. The van der Waals surface area contributed by atoms with Crippen LogP contribution in [-0.4, -0.2) is 23.5 Å². The number of carbonyl (C=O) groups is 1. The summed E-state index contributed by atoms with van der Waals surface area (Å²) in [7, 11) is 0. The Bertz CT molecular complexity index is 1240. The number of hydrogen-bond donors (Lipinski definition) is 2. The zero-order chi connectivity index (χ0) is 24.6. The first-order valence-corrected chi connectivity index (χ1v) is 13.3. The molecule has 0 spiro atoms. The van der Waals surface area contributed by atoms with E-state index in [2.05, 4.69) is 46.8 Å². The van der Waals surface area contributed by atoms with Gasteiger partial charge in [0.1, 0.15) is 22.3 Å². The predicted octanol–water partition coefficient (Wildman–Crippen LogP) is 6.23. The first-order chi connectivity index (χ1) is 17.0. The number of nitrogens with one attached hydrogen (secondary N) is 2. The van der Waals surface area contributed by atoms with Gasteiger partial charge in [-0.25, -0.2) is 13.8 Å². The number of hydrogen-bond acceptors (Lipinski definition) is 5. The Morgan fingerprint density at radius 2 is 1.80 bits per heavy atom. The first kappa shape index (κ1) is 25.2. The maximum Gasteiger partial charge on any atom is 0.271 e. The van der Waals surface area contributed by atoms with Crippen LogP contribution in [0, 0.1) is 11.6 Å². The Morgan fingerprint density at radius 1 is 1.00 bits per heavy atom. The number of thiazole rings is 1. The Kier molecular flexibility index (Phi) is 8.74. The summed E-state index contributed by atoms with van der Waals surface area (Å²) in [6.45, 7) is 3.47. The minimum Gasteiger partial charge on any atom is -0.348 e. The van der Waals surface area contributed by atoms with Gasteiger partial charge < -0.3 is 10.6 Å². The molecular formula is C27H27F2N3OS2. The van der Waals surface area contributed by atoms with Crippen LogP contribution in [-0.2, 0) is 19.4 Å². The van der Waals surface area contributed by atoms with E-state index in [0.717, 1.165) is 22.4 Å². The van der Waals surface area contributed by atoms with E-state index < -0.39 is 11.6 Å². The van der Waals surface area contributed by atoms with Crippen LogP contribution in [0.2, 0.25) is 0 Å². The van der Waals surface area contributed by atoms with E-state index in [-0.39, 0.29) is 11.9 Å². The zero-order valence-corrected chi connectivity index (χ0v) is 21.0. The van der Waals surface area contributed by atoms with Gasteiger partial charge >= 0.3 is 0 Å². The normalized spacial score (nSPS) is 12.0. The van der Waals surface area contributed by atoms with Crippen molar-refractivity contribution in [2.45, 2.75) is 38.8 Å². The van der Waals surface area contributed by atoms with E-state index in [1.165, 1.54) is 34.6 Å². The first-order valence-electron chi connectivity index (χ1n) is 11.5. The van der Waals surface area contributed by atoms with E-state index in [9.17, 15) is 13.6 Å².